The zero-order valence-corrected chi connectivity index (χ0v) is 19.9. The second-order valence-electron chi connectivity index (χ2n) is 8.59. The normalized spacial score (nSPS) is 13.2. The number of alkyl halides is 3. The molecule has 2 aromatic carbocycles. The van der Waals surface area contributed by atoms with E-state index in [1.54, 1.807) is 32.9 Å². The molecular formula is C24H29F4NO2S. The van der Waals surface area contributed by atoms with E-state index in [1.807, 2.05) is 26.8 Å². The van der Waals surface area contributed by atoms with E-state index in [0.717, 1.165) is 17.2 Å². The Bertz CT molecular complexity index is 947. The maximum atomic E-state index is 15.3. The van der Waals surface area contributed by atoms with Crippen molar-refractivity contribution in [2.45, 2.75) is 64.9 Å². The Morgan fingerprint density at radius 1 is 1.12 bits per heavy atom. The number of aryl methyl sites for hydroxylation is 2. The SMILES string of the molecule is CCOC(=O)C[C@H](NSC(C)(C)C)c1cc(-c2c(C)cccc2C)cc(C(F)(F)F)c1F. The van der Waals surface area contributed by atoms with Crippen molar-refractivity contribution in [3.63, 3.8) is 0 Å². The minimum Gasteiger partial charge on any atom is -0.466 e. The molecule has 0 fully saturated rings. The predicted molar refractivity (Wildman–Crippen MR) is 121 cm³/mol. The number of rotatable bonds is 7. The van der Waals surface area contributed by atoms with Gasteiger partial charge in [0.15, 0.2) is 0 Å². The molecule has 0 aliphatic heterocycles. The van der Waals surface area contributed by atoms with Crippen molar-refractivity contribution in [2.75, 3.05) is 6.61 Å². The Morgan fingerprint density at radius 3 is 2.22 bits per heavy atom. The van der Waals surface area contributed by atoms with Gasteiger partial charge in [0, 0.05) is 10.3 Å². The second kappa shape index (κ2) is 10.3. The smallest absolute Gasteiger partial charge is 0.419 e. The molecule has 176 valence electrons. The molecule has 1 atom stereocenters. The topological polar surface area (TPSA) is 38.3 Å². The Morgan fingerprint density at radius 2 is 1.72 bits per heavy atom. The molecule has 0 heterocycles. The molecule has 1 N–H and O–H groups in total. The molecule has 2 aromatic rings. The second-order valence-corrected chi connectivity index (χ2v) is 10.3. The number of ether oxygens (including phenoxy) is 1. The lowest BCUT2D eigenvalue weighted by molar-refractivity contribution is -0.143. The summed E-state index contributed by atoms with van der Waals surface area (Å²) in [7, 11) is 0. The summed E-state index contributed by atoms with van der Waals surface area (Å²) < 4.78 is 64.3. The lowest BCUT2D eigenvalue weighted by atomic mass is 9.90. The zero-order valence-electron chi connectivity index (χ0n) is 19.1. The van der Waals surface area contributed by atoms with E-state index < -0.39 is 29.6 Å². The Labute approximate surface area is 191 Å². The molecular weight excluding hydrogens is 442 g/mol. The molecule has 0 bridgehead atoms. The highest BCUT2D eigenvalue weighted by atomic mass is 32.2. The predicted octanol–water partition coefficient (Wildman–Crippen LogP) is 7.16. The fraction of sp³-hybridized carbons (Fsp3) is 0.458. The highest BCUT2D eigenvalue weighted by Gasteiger charge is 2.37. The number of esters is 1. The summed E-state index contributed by atoms with van der Waals surface area (Å²) in [4.78, 5) is 12.2. The van der Waals surface area contributed by atoms with E-state index in [0.29, 0.717) is 5.56 Å². The van der Waals surface area contributed by atoms with Crippen molar-refractivity contribution in [3.8, 4) is 11.1 Å². The van der Waals surface area contributed by atoms with Gasteiger partial charge in [-0.05, 0) is 75.9 Å². The van der Waals surface area contributed by atoms with Crippen LogP contribution >= 0.6 is 11.9 Å². The Hall–Kier alpha value is -2.06. The third-order valence-electron chi connectivity index (χ3n) is 4.73. The summed E-state index contributed by atoms with van der Waals surface area (Å²) in [5.74, 6) is -2.01. The molecule has 0 aromatic heterocycles. The van der Waals surface area contributed by atoms with Crippen molar-refractivity contribution in [2.24, 2.45) is 0 Å². The fourth-order valence-corrected chi connectivity index (χ4v) is 4.08. The largest absolute Gasteiger partial charge is 0.466 e. The van der Waals surface area contributed by atoms with E-state index in [1.165, 1.54) is 18.0 Å². The lowest BCUT2D eigenvalue weighted by Crippen LogP contribution is -2.26. The minimum absolute atomic E-state index is 0.122. The van der Waals surface area contributed by atoms with E-state index in [-0.39, 0.29) is 28.9 Å². The van der Waals surface area contributed by atoms with Crippen LogP contribution in [-0.2, 0) is 15.7 Å². The summed E-state index contributed by atoms with van der Waals surface area (Å²) >= 11 is 1.22. The van der Waals surface area contributed by atoms with Crippen LogP contribution in [0.15, 0.2) is 30.3 Å². The number of benzene rings is 2. The van der Waals surface area contributed by atoms with Crippen LogP contribution in [0.1, 0.15) is 62.4 Å². The van der Waals surface area contributed by atoms with Crippen molar-refractivity contribution >= 4 is 17.9 Å². The Balaban J connectivity index is 2.71. The lowest BCUT2D eigenvalue weighted by Gasteiger charge is -2.26. The third-order valence-corrected chi connectivity index (χ3v) is 5.75. The highest BCUT2D eigenvalue weighted by Crippen LogP contribution is 2.40. The van der Waals surface area contributed by atoms with Gasteiger partial charge < -0.3 is 4.74 Å². The Kier molecular flexibility index (Phi) is 8.39. The number of hydrogen-bond donors (Lipinski definition) is 1. The summed E-state index contributed by atoms with van der Waals surface area (Å²) in [5.41, 5.74) is 0.828. The van der Waals surface area contributed by atoms with Crippen LogP contribution in [0.25, 0.3) is 11.1 Å². The molecule has 32 heavy (non-hydrogen) atoms. The molecule has 3 nitrogen and oxygen atoms in total. The van der Waals surface area contributed by atoms with Gasteiger partial charge in [-0.2, -0.15) is 13.2 Å². The van der Waals surface area contributed by atoms with Gasteiger partial charge in [0.2, 0.25) is 0 Å². The summed E-state index contributed by atoms with van der Waals surface area (Å²) in [6, 6.07) is 6.63. The molecule has 0 saturated carbocycles. The molecule has 8 heteroatoms. The average molecular weight is 472 g/mol. The number of halogens is 4. The maximum Gasteiger partial charge on any atom is 0.419 e. The van der Waals surface area contributed by atoms with Crippen LogP contribution in [0.4, 0.5) is 17.6 Å². The van der Waals surface area contributed by atoms with Gasteiger partial charge in [-0.3, -0.25) is 9.52 Å². The third kappa shape index (κ3) is 6.72. The van der Waals surface area contributed by atoms with Crippen LogP contribution in [0.3, 0.4) is 0 Å². The first-order valence-electron chi connectivity index (χ1n) is 10.3. The summed E-state index contributed by atoms with van der Waals surface area (Å²) in [5, 5.41) is 0. The van der Waals surface area contributed by atoms with Gasteiger partial charge in [-0.25, -0.2) is 4.39 Å². The first-order chi connectivity index (χ1) is 14.7. The van der Waals surface area contributed by atoms with E-state index in [9.17, 15) is 18.0 Å². The maximum absolute atomic E-state index is 15.3. The number of carbonyl (C=O) groups is 1. The van der Waals surface area contributed by atoms with E-state index in [4.69, 9.17) is 4.74 Å². The molecule has 0 saturated heterocycles. The number of hydrogen-bond acceptors (Lipinski definition) is 4. The molecule has 0 unspecified atom stereocenters. The van der Waals surface area contributed by atoms with Crippen LogP contribution < -0.4 is 4.72 Å². The van der Waals surface area contributed by atoms with Crippen molar-refractivity contribution < 1.29 is 27.1 Å². The molecule has 0 aliphatic rings. The van der Waals surface area contributed by atoms with Gasteiger partial charge in [0.1, 0.15) is 5.82 Å². The van der Waals surface area contributed by atoms with E-state index in [2.05, 4.69) is 4.72 Å². The van der Waals surface area contributed by atoms with Crippen LogP contribution in [0.5, 0.6) is 0 Å². The van der Waals surface area contributed by atoms with Crippen molar-refractivity contribution in [3.05, 3.63) is 58.4 Å². The van der Waals surface area contributed by atoms with Crippen molar-refractivity contribution in [1.82, 2.24) is 4.72 Å². The van der Waals surface area contributed by atoms with Crippen LogP contribution in [0.2, 0.25) is 0 Å². The number of nitrogens with one attached hydrogen (secondary N) is 1. The van der Waals surface area contributed by atoms with Gasteiger partial charge in [-0.15, -0.1) is 0 Å². The monoisotopic (exact) mass is 471 g/mol. The van der Waals surface area contributed by atoms with Crippen molar-refractivity contribution in [1.29, 1.82) is 0 Å². The van der Waals surface area contributed by atoms with Gasteiger partial charge in [-0.1, -0.05) is 30.1 Å². The molecule has 0 aliphatic carbocycles. The first-order valence-corrected chi connectivity index (χ1v) is 11.1. The summed E-state index contributed by atoms with van der Waals surface area (Å²) in [6.07, 6.45) is -5.20. The van der Waals surface area contributed by atoms with Gasteiger partial charge in [0.25, 0.3) is 0 Å². The molecule has 2 rings (SSSR count). The standard InChI is InChI=1S/C24H29F4NO2S/c1-7-31-20(30)13-19(29-32-23(4,5)6)17-11-16(12-18(22(17)25)24(26,27)28)21-14(2)9-8-10-15(21)3/h8-12,19,29H,7,13H2,1-6H3/t19-/m0/s1. The van der Waals surface area contributed by atoms with Gasteiger partial charge >= 0.3 is 12.1 Å². The number of carbonyl (C=O) groups excluding carboxylic acids is 1. The quantitative estimate of drug-likeness (QED) is 0.264. The van der Waals surface area contributed by atoms with Crippen LogP contribution in [-0.4, -0.2) is 17.3 Å². The van der Waals surface area contributed by atoms with Gasteiger partial charge in [0.05, 0.1) is 24.6 Å². The first kappa shape index (κ1) is 26.2. The average Bonchev–Trinajstić information content (AvgIpc) is 2.64. The van der Waals surface area contributed by atoms with E-state index >= 15 is 4.39 Å². The fourth-order valence-electron chi connectivity index (χ4n) is 3.37. The molecule has 0 radical (unpaired) electrons. The zero-order chi connectivity index (χ0) is 24.3. The summed E-state index contributed by atoms with van der Waals surface area (Å²) in [6.45, 7) is 11.0. The molecule has 0 spiro atoms. The minimum atomic E-state index is -4.89. The van der Waals surface area contributed by atoms with Crippen LogP contribution in [0, 0.1) is 19.7 Å². The molecule has 0 amide bonds. The highest BCUT2D eigenvalue weighted by molar-refractivity contribution is 7.98.